The molecule has 1 aliphatic rings. The van der Waals surface area contributed by atoms with E-state index in [2.05, 4.69) is 18.7 Å². The minimum Gasteiger partial charge on any atom is -0.329 e. The minimum atomic E-state index is -0.170. The number of likely N-dealkylation sites (N-methyl/N-ethyl adjacent to an activating group) is 1. The van der Waals surface area contributed by atoms with Gasteiger partial charge in [-0.05, 0) is 43.0 Å². The number of halogens is 1. The van der Waals surface area contributed by atoms with E-state index < -0.39 is 0 Å². The van der Waals surface area contributed by atoms with E-state index in [1.54, 1.807) is 12.1 Å². The SMILES string of the molecule is CCN(Cc1ccc(F)cc1)C1(CN)CCCC(C)C1. The van der Waals surface area contributed by atoms with Crippen LogP contribution in [0.15, 0.2) is 24.3 Å². The zero-order valence-electron chi connectivity index (χ0n) is 12.7. The van der Waals surface area contributed by atoms with Crippen molar-refractivity contribution in [3.63, 3.8) is 0 Å². The van der Waals surface area contributed by atoms with Crippen molar-refractivity contribution in [3.8, 4) is 0 Å². The molecular weight excluding hydrogens is 251 g/mol. The molecule has 1 aromatic carbocycles. The lowest BCUT2D eigenvalue weighted by atomic mass is 9.75. The molecule has 1 fully saturated rings. The Kier molecular flexibility index (Phi) is 5.17. The second-order valence-electron chi connectivity index (χ2n) is 6.27. The molecule has 0 heterocycles. The fraction of sp³-hybridized carbons (Fsp3) is 0.647. The molecule has 1 aromatic rings. The lowest BCUT2D eigenvalue weighted by Crippen LogP contribution is -2.55. The van der Waals surface area contributed by atoms with Crippen molar-refractivity contribution in [2.75, 3.05) is 13.1 Å². The first-order chi connectivity index (χ1) is 9.59. The average molecular weight is 278 g/mol. The van der Waals surface area contributed by atoms with Crippen molar-refractivity contribution in [2.24, 2.45) is 11.7 Å². The summed E-state index contributed by atoms with van der Waals surface area (Å²) in [5.74, 6) is 0.575. The summed E-state index contributed by atoms with van der Waals surface area (Å²) in [6, 6.07) is 6.85. The second-order valence-corrected chi connectivity index (χ2v) is 6.27. The van der Waals surface area contributed by atoms with E-state index >= 15 is 0 Å². The molecule has 2 atom stereocenters. The van der Waals surface area contributed by atoms with E-state index in [9.17, 15) is 4.39 Å². The third-order valence-corrected chi connectivity index (χ3v) is 4.79. The molecule has 0 amide bonds. The molecule has 20 heavy (non-hydrogen) atoms. The first kappa shape index (κ1) is 15.5. The number of nitrogens with zero attached hydrogens (tertiary/aromatic N) is 1. The zero-order valence-corrected chi connectivity index (χ0v) is 12.7. The van der Waals surface area contributed by atoms with Gasteiger partial charge in [-0.2, -0.15) is 0 Å². The maximum Gasteiger partial charge on any atom is 0.123 e. The maximum atomic E-state index is 13.0. The lowest BCUT2D eigenvalue weighted by Gasteiger charge is -2.47. The Morgan fingerprint density at radius 3 is 2.60 bits per heavy atom. The van der Waals surface area contributed by atoms with Crippen molar-refractivity contribution in [1.29, 1.82) is 0 Å². The van der Waals surface area contributed by atoms with Crippen LogP contribution in [-0.2, 0) is 6.54 Å². The maximum absolute atomic E-state index is 13.0. The fourth-order valence-electron chi connectivity index (χ4n) is 3.66. The van der Waals surface area contributed by atoms with Crippen LogP contribution < -0.4 is 5.73 Å². The summed E-state index contributed by atoms with van der Waals surface area (Å²) in [6.07, 6.45) is 4.94. The van der Waals surface area contributed by atoms with Gasteiger partial charge in [0.1, 0.15) is 5.82 Å². The standard InChI is InChI=1S/C17H27FN2/c1-3-20(12-15-6-8-16(18)9-7-15)17(13-19)10-4-5-14(2)11-17/h6-9,14H,3-5,10-13,19H2,1-2H3. The summed E-state index contributed by atoms with van der Waals surface area (Å²) < 4.78 is 13.0. The van der Waals surface area contributed by atoms with E-state index in [1.165, 1.54) is 31.2 Å². The van der Waals surface area contributed by atoms with Crippen LogP contribution in [-0.4, -0.2) is 23.5 Å². The molecule has 0 aliphatic heterocycles. The summed E-state index contributed by atoms with van der Waals surface area (Å²) >= 11 is 0. The number of hydrogen-bond donors (Lipinski definition) is 1. The topological polar surface area (TPSA) is 29.3 Å². The molecule has 0 bridgehead atoms. The molecule has 2 nitrogen and oxygen atoms in total. The Labute approximate surface area is 122 Å². The number of rotatable bonds is 5. The van der Waals surface area contributed by atoms with Crippen LogP contribution >= 0.6 is 0 Å². The van der Waals surface area contributed by atoms with Crippen LogP contribution in [0.5, 0.6) is 0 Å². The fourth-order valence-corrected chi connectivity index (χ4v) is 3.66. The van der Waals surface area contributed by atoms with Gasteiger partial charge >= 0.3 is 0 Å². The van der Waals surface area contributed by atoms with Crippen molar-refractivity contribution >= 4 is 0 Å². The van der Waals surface area contributed by atoms with Gasteiger partial charge in [0.15, 0.2) is 0 Å². The minimum absolute atomic E-state index is 0.126. The molecule has 1 saturated carbocycles. The molecule has 1 aliphatic carbocycles. The molecule has 2 rings (SSSR count). The van der Waals surface area contributed by atoms with Gasteiger partial charge in [0, 0.05) is 18.6 Å². The van der Waals surface area contributed by atoms with Crippen LogP contribution in [0.1, 0.15) is 45.1 Å². The van der Waals surface area contributed by atoms with Gasteiger partial charge in [-0.25, -0.2) is 4.39 Å². The van der Waals surface area contributed by atoms with E-state index in [1.807, 2.05) is 12.1 Å². The Bertz CT molecular complexity index is 418. The van der Waals surface area contributed by atoms with Gasteiger partial charge in [0.05, 0.1) is 0 Å². The summed E-state index contributed by atoms with van der Waals surface area (Å²) in [6.45, 7) is 7.09. The monoisotopic (exact) mass is 278 g/mol. The summed E-state index contributed by atoms with van der Waals surface area (Å²) in [7, 11) is 0. The molecule has 112 valence electrons. The van der Waals surface area contributed by atoms with Gasteiger partial charge in [0.25, 0.3) is 0 Å². The molecule has 3 heteroatoms. The van der Waals surface area contributed by atoms with Gasteiger partial charge in [-0.15, -0.1) is 0 Å². The molecule has 0 spiro atoms. The van der Waals surface area contributed by atoms with E-state index in [0.29, 0.717) is 6.54 Å². The number of benzene rings is 1. The molecule has 2 unspecified atom stereocenters. The van der Waals surface area contributed by atoms with Gasteiger partial charge in [-0.3, -0.25) is 4.90 Å². The first-order valence-corrected chi connectivity index (χ1v) is 7.79. The Balaban J connectivity index is 2.14. The van der Waals surface area contributed by atoms with Gasteiger partial charge in [0.2, 0.25) is 0 Å². The third-order valence-electron chi connectivity index (χ3n) is 4.79. The normalized spacial score (nSPS) is 26.9. The first-order valence-electron chi connectivity index (χ1n) is 7.79. The van der Waals surface area contributed by atoms with Crippen molar-refractivity contribution in [2.45, 2.75) is 51.6 Å². The molecule has 2 N–H and O–H groups in total. The Morgan fingerprint density at radius 2 is 2.05 bits per heavy atom. The van der Waals surface area contributed by atoms with Crippen LogP contribution in [0.3, 0.4) is 0 Å². The van der Waals surface area contributed by atoms with E-state index in [4.69, 9.17) is 5.73 Å². The van der Waals surface area contributed by atoms with Crippen LogP contribution in [0.4, 0.5) is 4.39 Å². The summed E-state index contributed by atoms with van der Waals surface area (Å²) in [5, 5.41) is 0. The third kappa shape index (κ3) is 3.39. The highest BCUT2D eigenvalue weighted by molar-refractivity contribution is 5.16. The highest BCUT2D eigenvalue weighted by atomic mass is 19.1. The van der Waals surface area contributed by atoms with Crippen LogP contribution in [0.2, 0.25) is 0 Å². The predicted molar refractivity (Wildman–Crippen MR) is 81.9 cm³/mol. The molecule has 0 saturated heterocycles. The van der Waals surface area contributed by atoms with Gasteiger partial charge < -0.3 is 5.73 Å². The predicted octanol–water partition coefficient (Wildman–Crippen LogP) is 3.56. The van der Waals surface area contributed by atoms with Gasteiger partial charge in [-0.1, -0.05) is 38.8 Å². The zero-order chi connectivity index (χ0) is 14.6. The highest BCUT2D eigenvalue weighted by Crippen LogP contribution is 2.36. The smallest absolute Gasteiger partial charge is 0.123 e. The molecular formula is C17H27FN2. The van der Waals surface area contributed by atoms with Crippen molar-refractivity contribution in [3.05, 3.63) is 35.6 Å². The van der Waals surface area contributed by atoms with E-state index in [-0.39, 0.29) is 11.4 Å². The second kappa shape index (κ2) is 6.68. The summed E-state index contributed by atoms with van der Waals surface area (Å²) in [5.41, 5.74) is 7.44. The molecule has 0 aromatic heterocycles. The highest BCUT2D eigenvalue weighted by Gasteiger charge is 2.38. The van der Waals surface area contributed by atoms with Crippen molar-refractivity contribution < 1.29 is 4.39 Å². The number of hydrogen-bond acceptors (Lipinski definition) is 2. The quantitative estimate of drug-likeness (QED) is 0.892. The largest absolute Gasteiger partial charge is 0.329 e. The molecule has 0 radical (unpaired) electrons. The van der Waals surface area contributed by atoms with Crippen LogP contribution in [0, 0.1) is 11.7 Å². The van der Waals surface area contributed by atoms with E-state index in [0.717, 1.165) is 19.0 Å². The number of nitrogens with two attached hydrogens (primary N) is 1. The lowest BCUT2D eigenvalue weighted by molar-refractivity contribution is 0.0367. The summed E-state index contributed by atoms with van der Waals surface area (Å²) in [4.78, 5) is 2.50. The Morgan fingerprint density at radius 1 is 1.35 bits per heavy atom. The Hall–Kier alpha value is -0.930. The van der Waals surface area contributed by atoms with Crippen molar-refractivity contribution in [1.82, 2.24) is 4.90 Å². The van der Waals surface area contributed by atoms with Crippen LogP contribution in [0.25, 0.3) is 0 Å². The average Bonchev–Trinajstić information content (AvgIpc) is 2.46.